The third-order valence-electron chi connectivity index (χ3n) is 6.19. The summed E-state index contributed by atoms with van der Waals surface area (Å²) in [4.78, 5) is 34.3. The van der Waals surface area contributed by atoms with Crippen molar-refractivity contribution in [2.75, 3.05) is 13.2 Å². The maximum atomic E-state index is 13.7. The molecule has 0 bridgehead atoms. The van der Waals surface area contributed by atoms with Gasteiger partial charge in [-0.2, -0.15) is 26.3 Å². The molecule has 0 aliphatic carbocycles. The maximum absolute atomic E-state index is 13.7. The fourth-order valence-corrected chi connectivity index (χ4v) is 4.81. The van der Waals surface area contributed by atoms with Crippen molar-refractivity contribution in [3.05, 3.63) is 86.8 Å². The summed E-state index contributed by atoms with van der Waals surface area (Å²) in [6.07, 6.45) is -12.8. The van der Waals surface area contributed by atoms with Crippen molar-refractivity contribution >= 4 is 7.75 Å². The minimum atomic E-state index is -5.07. The Hall–Kier alpha value is -3.08. The van der Waals surface area contributed by atoms with Crippen LogP contribution in [0.2, 0.25) is 0 Å². The number of rotatable bonds is 7. The molecular weight excluding hydrogens is 592 g/mol. The molecule has 0 radical (unpaired) electrons. The van der Waals surface area contributed by atoms with Gasteiger partial charge in [0.15, 0.2) is 6.29 Å². The van der Waals surface area contributed by atoms with Crippen LogP contribution in [0.4, 0.5) is 30.7 Å². The molecule has 1 saturated heterocycles. The van der Waals surface area contributed by atoms with Crippen LogP contribution in [-0.4, -0.2) is 48.7 Å². The Morgan fingerprint density at radius 3 is 2.20 bits per heavy atom. The molecule has 1 aromatic heterocycles. The van der Waals surface area contributed by atoms with E-state index in [9.17, 15) is 49.9 Å². The van der Waals surface area contributed by atoms with E-state index >= 15 is 0 Å². The lowest BCUT2D eigenvalue weighted by atomic mass is 10.0. The molecule has 0 spiro atoms. The fourth-order valence-electron chi connectivity index (χ4n) is 4.30. The number of ether oxygens (including phenoxy) is 2. The number of hydrogen-bond acceptors (Lipinski definition) is 6. The summed E-state index contributed by atoms with van der Waals surface area (Å²) >= 11 is 0. The average Bonchev–Trinajstić information content (AvgIpc) is 3.24. The van der Waals surface area contributed by atoms with E-state index in [1.807, 2.05) is 0 Å². The quantitative estimate of drug-likeness (QED) is 0.265. The number of morpholine rings is 1. The second-order valence-corrected chi connectivity index (χ2v) is 10.5. The van der Waals surface area contributed by atoms with Gasteiger partial charge in [0.2, 0.25) is 0 Å². The molecule has 10 nitrogen and oxygen atoms in total. The zero-order valence-electron chi connectivity index (χ0n) is 20.9. The van der Waals surface area contributed by atoms with Gasteiger partial charge in [0.1, 0.15) is 11.6 Å². The maximum Gasteiger partial charge on any atom is 0.454 e. The number of alkyl halides is 6. The minimum Gasteiger partial charge on any atom is -0.349 e. The van der Waals surface area contributed by atoms with Gasteiger partial charge in [0, 0.05) is 6.54 Å². The summed E-state index contributed by atoms with van der Waals surface area (Å²) in [5, 5.41) is 3.61. The number of nitrogens with zero attached hydrogens (tertiary/aromatic N) is 3. The van der Waals surface area contributed by atoms with Crippen LogP contribution in [0.3, 0.4) is 0 Å². The Labute approximate surface area is 226 Å². The molecule has 0 amide bonds. The molecule has 2 aromatic carbocycles. The SMILES string of the molecule is CC(O[C@H]1OCCN(Cc2nn(P(=O)(O)O)c(=O)[nH]2)C1c1ccc(F)cc1)c1cc(C(F)(F)F)cc(C(F)(F)F)c1. The van der Waals surface area contributed by atoms with Crippen LogP contribution < -0.4 is 5.69 Å². The molecule has 4 rings (SSSR count). The molecule has 1 fully saturated rings. The second kappa shape index (κ2) is 11.3. The van der Waals surface area contributed by atoms with Crippen molar-refractivity contribution in [1.82, 2.24) is 19.4 Å². The first-order valence-electron chi connectivity index (χ1n) is 11.7. The topological polar surface area (TPSA) is 130 Å². The smallest absolute Gasteiger partial charge is 0.349 e. The van der Waals surface area contributed by atoms with Crippen LogP contribution in [0.15, 0.2) is 47.3 Å². The molecule has 3 atom stereocenters. The van der Waals surface area contributed by atoms with Crippen LogP contribution in [0.5, 0.6) is 0 Å². The lowest BCUT2D eigenvalue weighted by Gasteiger charge is -2.41. The Morgan fingerprint density at radius 1 is 1.10 bits per heavy atom. The summed E-state index contributed by atoms with van der Waals surface area (Å²) < 4.78 is 117. The highest BCUT2D eigenvalue weighted by Gasteiger charge is 2.39. The van der Waals surface area contributed by atoms with Crippen molar-refractivity contribution in [2.24, 2.45) is 0 Å². The molecule has 224 valence electrons. The third-order valence-corrected chi connectivity index (χ3v) is 6.95. The summed E-state index contributed by atoms with van der Waals surface area (Å²) in [7, 11) is -5.07. The van der Waals surface area contributed by atoms with E-state index in [-0.39, 0.29) is 36.0 Å². The molecule has 2 unspecified atom stereocenters. The van der Waals surface area contributed by atoms with Crippen LogP contribution in [-0.2, 0) is 32.9 Å². The highest BCUT2D eigenvalue weighted by Crippen LogP contribution is 2.40. The van der Waals surface area contributed by atoms with Gasteiger partial charge in [-0.1, -0.05) is 12.1 Å². The predicted molar refractivity (Wildman–Crippen MR) is 126 cm³/mol. The molecule has 1 aliphatic rings. The zero-order valence-corrected chi connectivity index (χ0v) is 21.8. The number of halogens is 7. The van der Waals surface area contributed by atoms with Gasteiger partial charge in [-0.15, -0.1) is 9.55 Å². The first kappa shape index (κ1) is 30.9. The van der Waals surface area contributed by atoms with Crippen molar-refractivity contribution in [1.29, 1.82) is 0 Å². The normalized spacial score (nSPS) is 19.9. The Kier molecular flexibility index (Phi) is 8.51. The lowest BCUT2D eigenvalue weighted by Crippen LogP contribution is -2.46. The predicted octanol–water partition coefficient (Wildman–Crippen LogP) is 4.37. The van der Waals surface area contributed by atoms with Gasteiger partial charge >= 0.3 is 25.8 Å². The Bertz CT molecular complexity index is 1450. The monoisotopic (exact) mass is 614 g/mol. The van der Waals surface area contributed by atoms with Crippen LogP contribution in [0.1, 0.15) is 47.1 Å². The molecule has 0 saturated carbocycles. The van der Waals surface area contributed by atoms with E-state index in [0.717, 1.165) is 12.1 Å². The largest absolute Gasteiger partial charge is 0.454 e. The first-order valence-corrected chi connectivity index (χ1v) is 13.3. The number of aromatic amines is 1. The molecule has 3 aromatic rings. The van der Waals surface area contributed by atoms with Crippen molar-refractivity contribution in [3.63, 3.8) is 0 Å². The number of H-pyrrole nitrogens is 1. The van der Waals surface area contributed by atoms with Gasteiger partial charge < -0.3 is 19.3 Å². The molecule has 2 heterocycles. The van der Waals surface area contributed by atoms with Gasteiger partial charge in [0.25, 0.3) is 0 Å². The number of aromatic nitrogens is 3. The van der Waals surface area contributed by atoms with Crippen molar-refractivity contribution in [3.8, 4) is 0 Å². The summed E-state index contributed by atoms with van der Waals surface area (Å²) in [5.41, 5.74) is -4.31. The number of hydrogen-bond donors (Lipinski definition) is 3. The van der Waals surface area contributed by atoms with E-state index < -0.39 is 66.7 Å². The van der Waals surface area contributed by atoms with Gasteiger partial charge in [0.05, 0.1) is 36.4 Å². The first-order chi connectivity index (χ1) is 18.9. The third kappa shape index (κ3) is 7.23. The van der Waals surface area contributed by atoms with Crippen LogP contribution in [0.25, 0.3) is 0 Å². The Morgan fingerprint density at radius 2 is 1.68 bits per heavy atom. The average molecular weight is 614 g/mol. The molecular formula is C23H22F7N4O6P. The molecule has 18 heteroatoms. The summed E-state index contributed by atoms with van der Waals surface area (Å²) in [6.45, 7) is 1.04. The molecule has 1 aliphatic heterocycles. The number of nitrogens with one attached hydrogen (secondary N) is 1. The van der Waals surface area contributed by atoms with Gasteiger partial charge in [-0.25, -0.2) is 13.8 Å². The van der Waals surface area contributed by atoms with Crippen LogP contribution in [0, 0.1) is 5.82 Å². The van der Waals surface area contributed by atoms with E-state index in [0.29, 0.717) is 17.7 Å². The van der Waals surface area contributed by atoms with Crippen molar-refractivity contribution < 1.29 is 54.6 Å². The zero-order chi connectivity index (χ0) is 30.3. The van der Waals surface area contributed by atoms with Gasteiger partial charge in [-0.3, -0.25) is 9.88 Å². The van der Waals surface area contributed by atoms with Crippen LogP contribution >= 0.6 is 7.75 Å². The minimum absolute atomic E-state index is 0.00603. The van der Waals surface area contributed by atoms with E-state index in [1.165, 1.54) is 19.1 Å². The van der Waals surface area contributed by atoms with E-state index in [2.05, 4.69) is 10.1 Å². The van der Waals surface area contributed by atoms with Crippen molar-refractivity contribution in [2.45, 2.75) is 44.3 Å². The molecule has 41 heavy (non-hydrogen) atoms. The Balaban J connectivity index is 1.68. The second-order valence-electron chi connectivity index (χ2n) is 9.10. The molecule has 3 N–H and O–H groups in total. The van der Waals surface area contributed by atoms with E-state index in [1.54, 1.807) is 4.90 Å². The standard InChI is InChI=1S/C23H22F7N4O6P/c1-12(14-8-15(22(25,26)27)10-16(9-14)23(28,29)30)40-20-19(13-2-4-17(24)5-3-13)33(6-7-39-20)11-18-31-21(35)34(32-18)41(36,37)38/h2-5,8-10,12,19-20H,6-7,11H2,1H3,(H,31,32,35)(H2,36,37,38)/t12?,19?,20-/m1/s1. The highest BCUT2D eigenvalue weighted by molar-refractivity contribution is 7.49. The summed E-state index contributed by atoms with van der Waals surface area (Å²) in [6, 6.07) is 5.01. The summed E-state index contributed by atoms with van der Waals surface area (Å²) in [5.74, 6) is -0.775. The van der Waals surface area contributed by atoms with E-state index in [4.69, 9.17) is 9.47 Å². The lowest BCUT2D eigenvalue weighted by molar-refractivity contribution is -0.231. The highest BCUT2D eigenvalue weighted by atomic mass is 31.2. The number of benzene rings is 2. The van der Waals surface area contributed by atoms with Gasteiger partial charge in [-0.05, 0) is 48.4 Å². The fraction of sp³-hybridized carbons (Fsp3) is 0.391.